The number of carbonyl (C=O) groups excluding carboxylic acids is 1. The molecule has 2 heterocycles. The Morgan fingerprint density at radius 2 is 2.15 bits per heavy atom. The lowest BCUT2D eigenvalue weighted by molar-refractivity contribution is -0.113. The number of anilines is 1. The van der Waals surface area contributed by atoms with Crippen LogP contribution in [0.3, 0.4) is 0 Å². The summed E-state index contributed by atoms with van der Waals surface area (Å²) >= 11 is 6.47. The van der Waals surface area contributed by atoms with E-state index in [4.69, 9.17) is 0 Å². The maximum absolute atomic E-state index is 12.2. The van der Waals surface area contributed by atoms with Crippen LogP contribution >= 0.6 is 39.0 Å². The molecule has 0 unspecified atom stereocenters. The van der Waals surface area contributed by atoms with Crippen LogP contribution in [0.4, 0.5) is 5.69 Å². The van der Waals surface area contributed by atoms with Gasteiger partial charge in [0.1, 0.15) is 0 Å². The molecule has 0 spiro atoms. The van der Waals surface area contributed by atoms with E-state index in [1.54, 1.807) is 11.3 Å². The molecule has 0 saturated heterocycles. The minimum absolute atomic E-state index is 0.0826. The van der Waals surface area contributed by atoms with Crippen LogP contribution in [0.2, 0.25) is 0 Å². The van der Waals surface area contributed by atoms with E-state index in [9.17, 15) is 4.79 Å². The van der Waals surface area contributed by atoms with E-state index in [0.29, 0.717) is 11.7 Å². The maximum Gasteiger partial charge on any atom is 0.234 e. The third-order valence-corrected chi connectivity index (χ3v) is 6.33. The monoisotopic (exact) mass is 462 g/mol. The number of rotatable bonds is 8. The third kappa shape index (κ3) is 5.09. The highest BCUT2D eigenvalue weighted by Gasteiger charge is 2.16. The molecule has 0 aliphatic heterocycles. The Hall–Kier alpha value is -1.90. The fourth-order valence-corrected chi connectivity index (χ4v) is 4.27. The second-order valence-electron chi connectivity index (χ2n) is 5.70. The molecule has 3 aromatic rings. The van der Waals surface area contributed by atoms with Crippen LogP contribution in [0.5, 0.6) is 0 Å². The average molecular weight is 463 g/mol. The molecule has 27 heavy (non-hydrogen) atoms. The first-order valence-electron chi connectivity index (χ1n) is 8.40. The van der Waals surface area contributed by atoms with Gasteiger partial charge in [0.25, 0.3) is 0 Å². The number of amides is 1. The van der Waals surface area contributed by atoms with Crippen LogP contribution in [0.1, 0.15) is 11.8 Å². The average Bonchev–Trinajstić information content (AvgIpc) is 3.29. The molecule has 8 heteroatoms. The van der Waals surface area contributed by atoms with E-state index in [1.165, 1.54) is 16.6 Å². The zero-order valence-electron chi connectivity index (χ0n) is 14.8. The minimum atomic E-state index is -0.0826. The number of thioether (sulfide) groups is 1. The molecule has 1 amide bonds. The second kappa shape index (κ2) is 9.34. The highest BCUT2D eigenvalue weighted by Crippen LogP contribution is 2.28. The first-order chi connectivity index (χ1) is 13.1. The smallest absolute Gasteiger partial charge is 0.234 e. The van der Waals surface area contributed by atoms with Crippen LogP contribution in [-0.2, 0) is 17.8 Å². The van der Waals surface area contributed by atoms with E-state index in [1.807, 2.05) is 34.9 Å². The van der Waals surface area contributed by atoms with E-state index >= 15 is 0 Å². The van der Waals surface area contributed by atoms with Gasteiger partial charge in [0.05, 0.1) is 5.75 Å². The molecule has 140 valence electrons. The fourth-order valence-electron chi connectivity index (χ4n) is 2.45. The second-order valence-corrected chi connectivity index (χ2v) is 8.56. The predicted molar refractivity (Wildman–Crippen MR) is 116 cm³/mol. The molecule has 0 fully saturated rings. The zero-order chi connectivity index (χ0) is 19.2. The van der Waals surface area contributed by atoms with Crippen molar-refractivity contribution in [3.8, 4) is 11.4 Å². The molecule has 0 aliphatic carbocycles. The van der Waals surface area contributed by atoms with E-state index in [-0.39, 0.29) is 11.7 Å². The number of allylic oxidation sites excluding steroid dienone is 1. The molecular formula is C19H19BrN4OS2. The molecule has 1 aromatic carbocycles. The summed E-state index contributed by atoms with van der Waals surface area (Å²) in [7, 11) is 0. The number of halogens is 1. The van der Waals surface area contributed by atoms with E-state index in [0.717, 1.165) is 28.0 Å². The van der Waals surface area contributed by atoms with Gasteiger partial charge in [-0.3, -0.25) is 9.36 Å². The van der Waals surface area contributed by atoms with Gasteiger partial charge in [-0.05, 0) is 36.8 Å². The number of nitrogens with one attached hydrogen (secondary N) is 1. The Kier molecular flexibility index (Phi) is 6.87. The maximum atomic E-state index is 12.2. The SMILES string of the molecule is C=CCn1c(SCC(=O)Nc2ccc(Br)cc2)nnc1-c1csc(CC)c1. The predicted octanol–water partition coefficient (Wildman–Crippen LogP) is 5.25. The van der Waals surface area contributed by atoms with Crippen LogP contribution in [0.15, 0.2) is 58.0 Å². The summed E-state index contributed by atoms with van der Waals surface area (Å²) in [6.07, 6.45) is 2.81. The van der Waals surface area contributed by atoms with Gasteiger partial charge in [-0.2, -0.15) is 0 Å². The Balaban J connectivity index is 1.69. The molecule has 5 nitrogen and oxygen atoms in total. The third-order valence-electron chi connectivity index (χ3n) is 3.75. The van der Waals surface area contributed by atoms with Gasteiger partial charge in [-0.25, -0.2) is 0 Å². The molecule has 3 rings (SSSR count). The lowest BCUT2D eigenvalue weighted by Gasteiger charge is -2.07. The first-order valence-corrected chi connectivity index (χ1v) is 11.1. The summed E-state index contributed by atoms with van der Waals surface area (Å²) in [4.78, 5) is 13.5. The van der Waals surface area contributed by atoms with Crippen molar-refractivity contribution in [2.75, 3.05) is 11.1 Å². The Labute approximate surface area is 175 Å². The highest BCUT2D eigenvalue weighted by atomic mass is 79.9. The molecular weight excluding hydrogens is 444 g/mol. The van der Waals surface area contributed by atoms with Crippen molar-refractivity contribution < 1.29 is 4.79 Å². The number of benzene rings is 1. The Bertz CT molecular complexity index is 934. The summed E-state index contributed by atoms with van der Waals surface area (Å²) in [5, 5.41) is 14.3. The van der Waals surface area contributed by atoms with Crippen molar-refractivity contribution in [1.29, 1.82) is 0 Å². The largest absolute Gasteiger partial charge is 0.325 e. The number of nitrogens with zero attached hydrogens (tertiary/aromatic N) is 3. The summed E-state index contributed by atoms with van der Waals surface area (Å²) in [5.74, 6) is 0.984. The number of aromatic nitrogens is 3. The normalized spacial score (nSPS) is 10.7. The van der Waals surface area contributed by atoms with Crippen molar-refractivity contribution in [2.24, 2.45) is 0 Å². The molecule has 0 saturated carbocycles. The molecule has 0 atom stereocenters. The van der Waals surface area contributed by atoms with Gasteiger partial charge < -0.3 is 5.32 Å². The molecule has 0 bridgehead atoms. The topological polar surface area (TPSA) is 59.8 Å². The molecule has 1 N–H and O–H groups in total. The van der Waals surface area contributed by atoms with Crippen molar-refractivity contribution in [3.63, 3.8) is 0 Å². The van der Waals surface area contributed by atoms with E-state index in [2.05, 4.69) is 56.4 Å². The Morgan fingerprint density at radius 1 is 1.37 bits per heavy atom. The number of carbonyl (C=O) groups is 1. The fraction of sp³-hybridized carbons (Fsp3) is 0.211. The Morgan fingerprint density at radius 3 is 2.81 bits per heavy atom. The van der Waals surface area contributed by atoms with Gasteiger partial charge in [-0.15, -0.1) is 28.1 Å². The van der Waals surface area contributed by atoms with E-state index < -0.39 is 0 Å². The number of aryl methyl sites for hydroxylation is 1. The summed E-state index contributed by atoms with van der Waals surface area (Å²) in [6, 6.07) is 9.63. The number of hydrogen-bond donors (Lipinski definition) is 1. The van der Waals surface area contributed by atoms with Gasteiger partial charge >= 0.3 is 0 Å². The molecule has 2 aromatic heterocycles. The van der Waals surface area contributed by atoms with Gasteiger partial charge in [0, 0.05) is 32.5 Å². The van der Waals surface area contributed by atoms with Crippen molar-refractivity contribution in [3.05, 3.63) is 57.7 Å². The van der Waals surface area contributed by atoms with Gasteiger partial charge in [0.2, 0.25) is 5.91 Å². The lowest BCUT2D eigenvalue weighted by Crippen LogP contribution is -2.14. The number of hydrogen-bond acceptors (Lipinski definition) is 5. The first kappa shape index (κ1) is 19.9. The van der Waals surface area contributed by atoms with Crippen LogP contribution in [0.25, 0.3) is 11.4 Å². The summed E-state index contributed by atoms with van der Waals surface area (Å²) in [5.41, 5.74) is 1.82. The number of thiophene rings is 1. The van der Waals surface area contributed by atoms with Crippen molar-refractivity contribution in [2.45, 2.75) is 25.0 Å². The van der Waals surface area contributed by atoms with Crippen LogP contribution in [-0.4, -0.2) is 26.4 Å². The van der Waals surface area contributed by atoms with Crippen molar-refractivity contribution >= 4 is 50.6 Å². The summed E-state index contributed by atoms with van der Waals surface area (Å²) < 4.78 is 2.96. The molecule has 0 aliphatic rings. The highest BCUT2D eigenvalue weighted by molar-refractivity contribution is 9.10. The van der Waals surface area contributed by atoms with Gasteiger partial charge in [0.15, 0.2) is 11.0 Å². The minimum Gasteiger partial charge on any atom is -0.325 e. The standard InChI is InChI=1S/C19H19BrN4OS2/c1-3-9-24-18(13-10-16(4-2)26-11-13)22-23-19(24)27-12-17(25)21-15-7-5-14(20)6-8-15/h3,5-8,10-11H,1,4,9,12H2,2H3,(H,21,25). The lowest BCUT2D eigenvalue weighted by atomic mass is 10.2. The van der Waals surface area contributed by atoms with Crippen LogP contribution < -0.4 is 5.32 Å². The van der Waals surface area contributed by atoms with Crippen LogP contribution in [0, 0.1) is 0 Å². The molecule has 0 radical (unpaired) electrons. The van der Waals surface area contributed by atoms with Crippen molar-refractivity contribution in [1.82, 2.24) is 14.8 Å². The zero-order valence-corrected chi connectivity index (χ0v) is 18.0. The summed E-state index contributed by atoms with van der Waals surface area (Å²) in [6.45, 7) is 6.55. The van der Waals surface area contributed by atoms with Gasteiger partial charge in [-0.1, -0.05) is 40.7 Å². The quantitative estimate of drug-likeness (QED) is 0.366.